The Hall–Kier alpha value is -1.06. The van der Waals surface area contributed by atoms with Crippen molar-refractivity contribution >= 4 is 22.6 Å². The third kappa shape index (κ3) is 3.24. The number of piperidine rings is 1. The number of aromatic nitrogens is 2. The highest BCUT2D eigenvalue weighted by Crippen LogP contribution is 2.23. The molecule has 1 aromatic carbocycles. The molecular formula is C17H24ClN3. The number of nitrogens with zero attached hydrogens (tertiary/aromatic N) is 3. The second kappa shape index (κ2) is 6.37. The number of imidazole rings is 1. The Balaban J connectivity index is 1.93. The molecule has 114 valence electrons. The summed E-state index contributed by atoms with van der Waals surface area (Å²) in [5, 5.41) is 0. The number of hydrogen-bond donors (Lipinski definition) is 0. The maximum atomic E-state index is 5.97. The summed E-state index contributed by atoms with van der Waals surface area (Å²) in [6.45, 7) is 5.60. The van der Waals surface area contributed by atoms with Gasteiger partial charge in [-0.2, -0.15) is 0 Å². The summed E-state index contributed by atoms with van der Waals surface area (Å²) in [6, 6.07) is 6.57. The van der Waals surface area contributed by atoms with E-state index in [-0.39, 0.29) is 0 Å². The highest BCUT2D eigenvalue weighted by atomic mass is 35.5. The number of rotatable bonds is 4. The van der Waals surface area contributed by atoms with E-state index < -0.39 is 0 Å². The van der Waals surface area contributed by atoms with Gasteiger partial charge in [0.25, 0.3) is 0 Å². The molecule has 1 fully saturated rings. The molecule has 3 rings (SSSR count). The molecule has 1 atom stereocenters. The van der Waals surface area contributed by atoms with E-state index in [1.54, 1.807) is 0 Å². The fraction of sp³-hybridized carbons (Fsp3) is 0.588. The van der Waals surface area contributed by atoms with Crippen LogP contribution in [0.4, 0.5) is 0 Å². The molecule has 1 aliphatic heterocycles. The minimum absolute atomic E-state index is 0.632. The first-order chi connectivity index (χ1) is 10.2. The zero-order valence-electron chi connectivity index (χ0n) is 13.0. The van der Waals surface area contributed by atoms with Crippen LogP contribution in [0, 0.1) is 12.8 Å². The molecule has 1 unspecified atom stereocenters. The van der Waals surface area contributed by atoms with Crippen molar-refractivity contribution in [1.82, 2.24) is 14.5 Å². The lowest BCUT2D eigenvalue weighted by atomic mass is 9.98. The summed E-state index contributed by atoms with van der Waals surface area (Å²) in [5.74, 6) is 2.49. The predicted molar refractivity (Wildman–Crippen MR) is 89.1 cm³/mol. The van der Waals surface area contributed by atoms with Crippen molar-refractivity contribution in [1.29, 1.82) is 0 Å². The van der Waals surface area contributed by atoms with Crippen LogP contribution in [-0.4, -0.2) is 40.5 Å². The van der Waals surface area contributed by atoms with E-state index in [0.29, 0.717) is 5.88 Å². The summed E-state index contributed by atoms with van der Waals surface area (Å²) < 4.78 is 2.40. The first-order valence-corrected chi connectivity index (χ1v) is 8.41. The summed E-state index contributed by atoms with van der Waals surface area (Å²) >= 11 is 5.97. The molecule has 4 heteroatoms. The van der Waals surface area contributed by atoms with E-state index in [1.165, 1.54) is 37.0 Å². The highest BCUT2D eigenvalue weighted by Gasteiger charge is 2.20. The van der Waals surface area contributed by atoms with Crippen LogP contribution < -0.4 is 0 Å². The normalized spacial score (nSPS) is 20.2. The average molecular weight is 306 g/mol. The van der Waals surface area contributed by atoms with E-state index in [4.69, 9.17) is 16.6 Å². The fourth-order valence-corrected chi connectivity index (χ4v) is 3.62. The lowest BCUT2D eigenvalue weighted by molar-refractivity contribution is 0.194. The summed E-state index contributed by atoms with van der Waals surface area (Å²) in [5.41, 5.74) is 3.63. The van der Waals surface area contributed by atoms with Crippen molar-refractivity contribution in [2.75, 3.05) is 26.0 Å². The van der Waals surface area contributed by atoms with Crippen LogP contribution in [0.5, 0.6) is 0 Å². The van der Waals surface area contributed by atoms with Crippen LogP contribution in [0.1, 0.15) is 24.2 Å². The van der Waals surface area contributed by atoms with E-state index >= 15 is 0 Å². The fourth-order valence-electron chi connectivity index (χ4n) is 3.45. The molecule has 3 nitrogen and oxygen atoms in total. The van der Waals surface area contributed by atoms with Crippen LogP contribution in [0.25, 0.3) is 11.0 Å². The van der Waals surface area contributed by atoms with Crippen LogP contribution in [0.15, 0.2) is 18.2 Å². The molecule has 0 radical (unpaired) electrons. The molecule has 1 saturated heterocycles. The Bertz CT molecular complexity index is 620. The number of alkyl halides is 1. The molecule has 0 spiro atoms. The SMILES string of the molecule is Cc1ccc2c(c1)nc(CCCl)n2CC1CCCN(C)C1. The first-order valence-electron chi connectivity index (χ1n) is 7.87. The lowest BCUT2D eigenvalue weighted by Gasteiger charge is -2.30. The Morgan fingerprint density at radius 3 is 3.00 bits per heavy atom. The molecular weight excluding hydrogens is 282 g/mol. The molecule has 2 aromatic rings. The quantitative estimate of drug-likeness (QED) is 0.807. The standard InChI is InChI=1S/C17H24ClN3/c1-13-5-6-16-15(10-13)19-17(7-8-18)21(16)12-14-4-3-9-20(2)11-14/h5-6,10,14H,3-4,7-9,11-12H2,1-2H3. The van der Waals surface area contributed by atoms with Gasteiger partial charge in [0.2, 0.25) is 0 Å². The number of likely N-dealkylation sites (tertiary alicyclic amines) is 1. The Labute approximate surface area is 131 Å². The van der Waals surface area contributed by atoms with E-state index in [9.17, 15) is 0 Å². The number of hydrogen-bond acceptors (Lipinski definition) is 2. The largest absolute Gasteiger partial charge is 0.328 e. The second-order valence-electron chi connectivity index (χ2n) is 6.34. The molecule has 21 heavy (non-hydrogen) atoms. The molecule has 2 heterocycles. The van der Waals surface area contributed by atoms with Crippen LogP contribution in [-0.2, 0) is 13.0 Å². The summed E-state index contributed by atoms with van der Waals surface area (Å²) in [6.07, 6.45) is 3.46. The van der Waals surface area contributed by atoms with Crippen molar-refractivity contribution in [3.63, 3.8) is 0 Å². The van der Waals surface area contributed by atoms with Crippen molar-refractivity contribution in [2.24, 2.45) is 5.92 Å². The lowest BCUT2D eigenvalue weighted by Crippen LogP contribution is -2.34. The van der Waals surface area contributed by atoms with Gasteiger partial charge in [-0.1, -0.05) is 6.07 Å². The maximum absolute atomic E-state index is 5.97. The Kier molecular flexibility index (Phi) is 4.51. The van der Waals surface area contributed by atoms with Crippen LogP contribution in [0.2, 0.25) is 0 Å². The van der Waals surface area contributed by atoms with E-state index in [0.717, 1.165) is 30.2 Å². The van der Waals surface area contributed by atoms with Crippen molar-refractivity contribution in [3.05, 3.63) is 29.6 Å². The second-order valence-corrected chi connectivity index (χ2v) is 6.72. The Morgan fingerprint density at radius 1 is 1.38 bits per heavy atom. The van der Waals surface area contributed by atoms with Crippen molar-refractivity contribution in [2.45, 2.75) is 32.7 Å². The average Bonchev–Trinajstić information content (AvgIpc) is 2.76. The third-order valence-corrected chi connectivity index (χ3v) is 4.65. The maximum Gasteiger partial charge on any atom is 0.111 e. The molecule has 1 aromatic heterocycles. The summed E-state index contributed by atoms with van der Waals surface area (Å²) in [7, 11) is 2.22. The van der Waals surface area contributed by atoms with Gasteiger partial charge in [-0.05, 0) is 57.0 Å². The number of halogens is 1. The van der Waals surface area contributed by atoms with Gasteiger partial charge >= 0.3 is 0 Å². The molecule has 0 amide bonds. The zero-order valence-corrected chi connectivity index (χ0v) is 13.7. The van der Waals surface area contributed by atoms with Gasteiger partial charge in [0.15, 0.2) is 0 Å². The predicted octanol–water partition coefficient (Wildman–Crippen LogP) is 3.47. The van der Waals surface area contributed by atoms with Crippen LogP contribution in [0.3, 0.4) is 0 Å². The zero-order chi connectivity index (χ0) is 14.8. The van der Waals surface area contributed by atoms with E-state index in [2.05, 4.69) is 41.6 Å². The molecule has 0 aliphatic carbocycles. The number of fused-ring (bicyclic) bond motifs is 1. The van der Waals surface area contributed by atoms with Gasteiger partial charge in [-0.25, -0.2) is 4.98 Å². The Morgan fingerprint density at radius 2 is 2.24 bits per heavy atom. The van der Waals surface area contributed by atoms with Gasteiger partial charge < -0.3 is 9.47 Å². The minimum Gasteiger partial charge on any atom is -0.328 e. The molecule has 0 saturated carbocycles. The van der Waals surface area contributed by atoms with Crippen molar-refractivity contribution < 1.29 is 0 Å². The smallest absolute Gasteiger partial charge is 0.111 e. The monoisotopic (exact) mass is 305 g/mol. The molecule has 0 bridgehead atoms. The number of benzene rings is 1. The van der Waals surface area contributed by atoms with Gasteiger partial charge in [-0.3, -0.25) is 0 Å². The first kappa shape index (κ1) is 14.9. The minimum atomic E-state index is 0.632. The van der Waals surface area contributed by atoms with Crippen molar-refractivity contribution in [3.8, 4) is 0 Å². The number of aryl methyl sites for hydroxylation is 2. The van der Waals surface area contributed by atoms with Gasteiger partial charge in [0, 0.05) is 25.4 Å². The highest BCUT2D eigenvalue weighted by molar-refractivity contribution is 6.17. The third-order valence-electron chi connectivity index (χ3n) is 4.46. The van der Waals surface area contributed by atoms with Gasteiger partial charge in [-0.15, -0.1) is 11.6 Å². The topological polar surface area (TPSA) is 21.1 Å². The van der Waals surface area contributed by atoms with E-state index in [1.807, 2.05) is 0 Å². The summed E-state index contributed by atoms with van der Waals surface area (Å²) in [4.78, 5) is 7.26. The van der Waals surface area contributed by atoms with Gasteiger partial charge in [0.05, 0.1) is 11.0 Å². The van der Waals surface area contributed by atoms with Gasteiger partial charge in [0.1, 0.15) is 5.82 Å². The molecule has 1 aliphatic rings. The molecule has 0 N–H and O–H groups in total. The van der Waals surface area contributed by atoms with Crippen LogP contribution >= 0.6 is 11.6 Å².